The predicted octanol–water partition coefficient (Wildman–Crippen LogP) is 7.44. The van der Waals surface area contributed by atoms with Gasteiger partial charge in [0.15, 0.2) is 0 Å². The molecule has 0 unspecified atom stereocenters. The highest BCUT2D eigenvalue weighted by molar-refractivity contribution is 5.47. The molecule has 0 heterocycles. The number of aryl methyl sites for hydroxylation is 1. The third-order valence-electron chi connectivity index (χ3n) is 4.95. The number of anilines is 1. The van der Waals surface area contributed by atoms with Gasteiger partial charge in [-0.15, -0.1) is 0 Å². The highest BCUT2D eigenvalue weighted by Gasteiger charge is 1.99. The quantitative estimate of drug-likeness (QED) is 0.249. The van der Waals surface area contributed by atoms with Crippen LogP contribution in [0.5, 0.6) is 5.75 Å². The van der Waals surface area contributed by atoms with Crippen LogP contribution >= 0.6 is 0 Å². The molecule has 25 heavy (non-hydrogen) atoms. The molecule has 0 aliphatic heterocycles. The fraction of sp³-hybridized carbons (Fsp3) is 0.739. The molecule has 1 aromatic rings. The van der Waals surface area contributed by atoms with E-state index in [9.17, 15) is 0 Å². The predicted molar refractivity (Wildman–Crippen MR) is 111 cm³/mol. The molecule has 0 atom stereocenters. The van der Waals surface area contributed by atoms with E-state index >= 15 is 0 Å². The molecule has 0 bridgehead atoms. The zero-order valence-corrected chi connectivity index (χ0v) is 16.8. The summed E-state index contributed by atoms with van der Waals surface area (Å²) >= 11 is 0. The van der Waals surface area contributed by atoms with Crippen LogP contribution in [0.15, 0.2) is 18.2 Å². The molecule has 0 fully saturated rings. The highest BCUT2D eigenvalue weighted by Crippen LogP contribution is 2.20. The molecular weight excluding hydrogens is 306 g/mol. The van der Waals surface area contributed by atoms with Crippen molar-refractivity contribution in [2.45, 2.75) is 104 Å². The molecule has 2 nitrogen and oxygen atoms in total. The number of hydrogen-bond acceptors (Lipinski definition) is 2. The molecule has 0 saturated carbocycles. The van der Waals surface area contributed by atoms with Crippen LogP contribution in [0.25, 0.3) is 0 Å². The second-order valence-corrected chi connectivity index (χ2v) is 7.47. The molecule has 0 saturated heterocycles. The van der Waals surface area contributed by atoms with Gasteiger partial charge in [-0.3, -0.25) is 0 Å². The molecule has 0 aliphatic rings. The van der Waals surface area contributed by atoms with Gasteiger partial charge in [-0.1, -0.05) is 90.4 Å². The number of ether oxygens (including phenoxy) is 1. The van der Waals surface area contributed by atoms with E-state index in [-0.39, 0.29) is 0 Å². The minimum Gasteiger partial charge on any atom is -0.493 e. The number of benzene rings is 1. The molecule has 0 aliphatic carbocycles. The normalized spacial score (nSPS) is 11.0. The van der Waals surface area contributed by atoms with Gasteiger partial charge in [0.25, 0.3) is 0 Å². The van der Waals surface area contributed by atoms with Crippen LogP contribution in [0, 0.1) is 6.92 Å². The second kappa shape index (κ2) is 15.1. The van der Waals surface area contributed by atoms with Crippen molar-refractivity contribution in [1.82, 2.24) is 0 Å². The van der Waals surface area contributed by atoms with Gasteiger partial charge >= 0.3 is 0 Å². The van der Waals surface area contributed by atoms with Crippen LogP contribution < -0.4 is 10.5 Å². The van der Waals surface area contributed by atoms with Gasteiger partial charge in [0.1, 0.15) is 5.75 Å². The average Bonchev–Trinajstić information content (AvgIpc) is 2.60. The summed E-state index contributed by atoms with van der Waals surface area (Å²) in [6.45, 7) is 5.16. The largest absolute Gasteiger partial charge is 0.493 e. The molecule has 1 aromatic carbocycles. The minimum atomic E-state index is 0.807. The lowest BCUT2D eigenvalue weighted by atomic mass is 10.0. The third kappa shape index (κ3) is 11.9. The summed E-state index contributed by atoms with van der Waals surface area (Å²) in [6.07, 6.45) is 19.5. The van der Waals surface area contributed by atoms with E-state index in [0.717, 1.165) is 30.0 Å². The van der Waals surface area contributed by atoms with Gasteiger partial charge in [-0.25, -0.2) is 0 Å². The van der Waals surface area contributed by atoms with Crippen molar-refractivity contribution in [3.8, 4) is 5.75 Å². The lowest BCUT2D eigenvalue weighted by Crippen LogP contribution is -1.99. The monoisotopic (exact) mass is 347 g/mol. The molecule has 144 valence electrons. The zero-order valence-electron chi connectivity index (χ0n) is 16.8. The van der Waals surface area contributed by atoms with Gasteiger partial charge < -0.3 is 10.5 Å². The van der Waals surface area contributed by atoms with Crippen molar-refractivity contribution in [3.63, 3.8) is 0 Å². The molecular formula is C23H41NO. The molecule has 0 amide bonds. The van der Waals surface area contributed by atoms with Crippen molar-refractivity contribution >= 4 is 5.69 Å². The zero-order chi connectivity index (χ0) is 18.2. The number of unbranched alkanes of at least 4 members (excludes halogenated alkanes) is 13. The van der Waals surface area contributed by atoms with Gasteiger partial charge in [0.05, 0.1) is 6.61 Å². The summed E-state index contributed by atoms with van der Waals surface area (Å²) in [5.74, 6) is 0.976. The Morgan fingerprint density at radius 1 is 0.720 bits per heavy atom. The molecule has 2 N–H and O–H groups in total. The summed E-state index contributed by atoms with van der Waals surface area (Å²) < 4.78 is 5.84. The maximum absolute atomic E-state index is 5.84. The van der Waals surface area contributed by atoms with E-state index in [1.165, 1.54) is 83.5 Å². The van der Waals surface area contributed by atoms with E-state index in [0.29, 0.717) is 0 Å². The van der Waals surface area contributed by atoms with Crippen molar-refractivity contribution < 1.29 is 4.74 Å². The highest BCUT2D eigenvalue weighted by atomic mass is 16.5. The Labute approximate surface area is 156 Å². The van der Waals surface area contributed by atoms with Crippen molar-refractivity contribution in [2.75, 3.05) is 12.3 Å². The maximum atomic E-state index is 5.84. The summed E-state index contributed by atoms with van der Waals surface area (Å²) in [4.78, 5) is 0. The average molecular weight is 348 g/mol. The Bertz CT molecular complexity index is 430. The van der Waals surface area contributed by atoms with Gasteiger partial charge in [0.2, 0.25) is 0 Å². The molecule has 2 heteroatoms. The Balaban J connectivity index is 1.81. The Morgan fingerprint density at radius 2 is 1.20 bits per heavy atom. The smallest absolute Gasteiger partial charge is 0.122 e. The first-order valence-corrected chi connectivity index (χ1v) is 10.7. The van der Waals surface area contributed by atoms with E-state index in [1.54, 1.807) is 0 Å². The third-order valence-corrected chi connectivity index (χ3v) is 4.95. The standard InChI is InChI=1S/C23H41NO/c1-3-4-5-6-7-8-9-10-11-12-13-14-15-16-19-25-23-18-17-22(24)20-21(23)2/h17-18,20H,3-16,19,24H2,1-2H3. The molecule has 0 radical (unpaired) electrons. The Hall–Kier alpha value is -1.18. The number of rotatable bonds is 16. The topological polar surface area (TPSA) is 35.2 Å². The maximum Gasteiger partial charge on any atom is 0.122 e. The van der Waals surface area contributed by atoms with E-state index in [2.05, 4.69) is 13.8 Å². The van der Waals surface area contributed by atoms with Crippen LogP contribution in [-0.4, -0.2) is 6.61 Å². The number of hydrogen-bond donors (Lipinski definition) is 1. The van der Waals surface area contributed by atoms with Crippen LogP contribution in [0.1, 0.15) is 102 Å². The number of nitrogens with two attached hydrogens (primary N) is 1. The van der Waals surface area contributed by atoms with Crippen molar-refractivity contribution in [2.24, 2.45) is 0 Å². The first-order chi connectivity index (χ1) is 12.2. The van der Waals surface area contributed by atoms with Crippen LogP contribution in [-0.2, 0) is 0 Å². The van der Waals surface area contributed by atoms with Crippen molar-refractivity contribution in [3.05, 3.63) is 23.8 Å². The van der Waals surface area contributed by atoms with Crippen molar-refractivity contribution in [1.29, 1.82) is 0 Å². The lowest BCUT2D eigenvalue weighted by Gasteiger charge is -2.09. The molecule has 0 aromatic heterocycles. The van der Waals surface area contributed by atoms with E-state index < -0.39 is 0 Å². The fourth-order valence-corrected chi connectivity index (χ4v) is 3.31. The molecule has 0 spiro atoms. The van der Waals surface area contributed by atoms with Gasteiger partial charge in [-0.05, 0) is 37.1 Å². The van der Waals surface area contributed by atoms with Crippen LogP contribution in [0.4, 0.5) is 5.69 Å². The summed E-state index contributed by atoms with van der Waals surface area (Å²) in [7, 11) is 0. The lowest BCUT2D eigenvalue weighted by molar-refractivity contribution is 0.302. The van der Waals surface area contributed by atoms with E-state index in [4.69, 9.17) is 10.5 Å². The summed E-state index contributed by atoms with van der Waals surface area (Å²) in [5, 5.41) is 0. The fourth-order valence-electron chi connectivity index (χ4n) is 3.31. The SMILES string of the molecule is CCCCCCCCCCCCCCCCOc1ccc(N)cc1C. The number of nitrogen functional groups attached to an aromatic ring is 1. The van der Waals surface area contributed by atoms with Crippen LogP contribution in [0.3, 0.4) is 0 Å². The van der Waals surface area contributed by atoms with Gasteiger partial charge in [-0.2, -0.15) is 0 Å². The molecule has 1 rings (SSSR count). The van der Waals surface area contributed by atoms with E-state index in [1.807, 2.05) is 18.2 Å². The van der Waals surface area contributed by atoms with Crippen LogP contribution in [0.2, 0.25) is 0 Å². The summed E-state index contributed by atoms with van der Waals surface area (Å²) in [5.41, 5.74) is 7.69. The Morgan fingerprint density at radius 3 is 1.68 bits per heavy atom. The summed E-state index contributed by atoms with van der Waals surface area (Å²) in [6, 6.07) is 5.86. The minimum absolute atomic E-state index is 0.807. The Kier molecular flexibility index (Phi) is 13.2. The first kappa shape index (κ1) is 21.9. The first-order valence-electron chi connectivity index (χ1n) is 10.7. The van der Waals surface area contributed by atoms with Gasteiger partial charge in [0, 0.05) is 5.69 Å². The second-order valence-electron chi connectivity index (χ2n) is 7.47.